The highest BCUT2D eigenvalue weighted by Crippen LogP contribution is 2.14. The molecule has 0 aliphatic carbocycles. The van der Waals surface area contributed by atoms with Crippen molar-refractivity contribution in [1.29, 1.82) is 0 Å². The Balaban J connectivity index is 2.65. The van der Waals surface area contributed by atoms with Gasteiger partial charge in [0.25, 0.3) is 0 Å². The Hall–Kier alpha value is -1.28. The van der Waals surface area contributed by atoms with E-state index in [1.165, 1.54) is 16.8 Å². The Morgan fingerprint density at radius 2 is 1.72 bits per heavy atom. The molecule has 0 spiro atoms. The predicted molar refractivity (Wildman–Crippen MR) is 82.2 cm³/mol. The average Bonchev–Trinajstić information content (AvgIpc) is 2.26. The number of rotatable bonds is 4. The molecule has 0 saturated carbocycles. The number of benzene rings is 1. The molecule has 0 radical (unpaired) electrons. The lowest BCUT2D eigenvalue weighted by Gasteiger charge is -2.20. The molecule has 1 aromatic rings. The van der Waals surface area contributed by atoms with E-state index in [-0.39, 0.29) is 5.54 Å². The fourth-order valence-electron chi connectivity index (χ4n) is 1.61. The van der Waals surface area contributed by atoms with Crippen molar-refractivity contribution in [2.45, 2.75) is 33.2 Å². The van der Waals surface area contributed by atoms with Gasteiger partial charge in [0.05, 0.1) is 0 Å². The molecule has 1 N–H and O–H groups in total. The van der Waals surface area contributed by atoms with E-state index in [0.29, 0.717) is 0 Å². The molecule has 0 unspecified atom stereocenters. The molecular weight excluding hydrogens is 220 g/mol. The lowest BCUT2D eigenvalue weighted by atomic mass is 10.1. The maximum Gasteiger partial charge on any atom is 0.0361 e. The first-order valence-corrected chi connectivity index (χ1v) is 6.47. The van der Waals surface area contributed by atoms with E-state index in [2.05, 4.69) is 82.3 Å². The summed E-state index contributed by atoms with van der Waals surface area (Å²) in [4.78, 5) is 2.11. The second-order valence-electron chi connectivity index (χ2n) is 6.08. The Bertz CT molecular complexity index is 394. The Morgan fingerprint density at radius 3 is 2.17 bits per heavy atom. The van der Waals surface area contributed by atoms with Gasteiger partial charge in [0.15, 0.2) is 0 Å². The fraction of sp³-hybridized carbons (Fsp3) is 0.500. The van der Waals surface area contributed by atoms with Gasteiger partial charge >= 0.3 is 0 Å². The van der Waals surface area contributed by atoms with E-state index < -0.39 is 0 Å². The van der Waals surface area contributed by atoms with Crippen molar-refractivity contribution >= 4 is 11.8 Å². The molecule has 0 aliphatic heterocycles. The molecule has 0 amide bonds. The minimum atomic E-state index is 0.171. The van der Waals surface area contributed by atoms with Crippen LogP contribution < -0.4 is 10.2 Å². The first kappa shape index (κ1) is 14.8. The van der Waals surface area contributed by atoms with Gasteiger partial charge in [-0.05, 0) is 45.4 Å². The molecule has 0 aromatic heterocycles. The maximum atomic E-state index is 3.49. The van der Waals surface area contributed by atoms with E-state index in [4.69, 9.17) is 0 Å². The number of hydrogen-bond donors (Lipinski definition) is 1. The number of nitrogens with one attached hydrogen (secondary N) is 1. The zero-order valence-electron chi connectivity index (χ0n) is 12.5. The standard InChI is InChI=1S/C16H26N2/c1-13(12-17-16(2,3)4)11-14-7-9-15(10-8-14)18(5)6/h7-11,17H,12H2,1-6H3. The third-order valence-electron chi connectivity index (χ3n) is 2.72. The van der Waals surface area contributed by atoms with Crippen molar-refractivity contribution in [1.82, 2.24) is 5.32 Å². The molecule has 0 fully saturated rings. The molecule has 1 aromatic carbocycles. The van der Waals surface area contributed by atoms with E-state index in [0.717, 1.165) is 6.54 Å². The predicted octanol–water partition coefficient (Wildman–Crippen LogP) is 3.54. The van der Waals surface area contributed by atoms with Crippen molar-refractivity contribution in [2.24, 2.45) is 0 Å². The van der Waals surface area contributed by atoms with E-state index in [1.807, 2.05) is 0 Å². The van der Waals surface area contributed by atoms with Crippen molar-refractivity contribution < 1.29 is 0 Å². The molecule has 0 atom stereocenters. The van der Waals surface area contributed by atoms with Gasteiger partial charge in [-0.3, -0.25) is 0 Å². The van der Waals surface area contributed by atoms with Gasteiger partial charge < -0.3 is 10.2 Å². The van der Waals surface area contributed by atoms with Crippen LogP contribution in [-0.2, 0) is 0 Å². The largest absolute Gasteiger partial charge is 0.378 e. The van der Waals surface area contributed by atoms with Crippen molar-refractivity contribution in [2.75, 3.05) is 25.5 Å². The Kier molecular flexibility index (Phi) is 4.97. The number of anilines is 1. The SMILES string of the molecule is CC(=Cc1ccc(N(C)C)cc1)CNC(C)(C)C. The van der Waals surface area contributed by atoms with Gasteiger partial charge in [0, 0.05) is 31.9 Å². The quantitative estimate of drug-likeness (QED) is 0.874. The van der Waals surface area contributed by atoms with Gasteiger partial charge in [-0.1, -0.05) is 23.8 Å². The number of hydrogen-bond acceptors (Lipinski definition) is 2. The van der Waals surface area contributed by atoms with E-state index in [1.54, 1.807) is 0 Å². The highest BCUT2D eigenvalue weighted by Gasteiger charge is 2.07. The van der Waals surface area contributed by atoms with Crippen LogP contribution in [0.2, 0.25) is 0 Å². The molecule has 0 aliphatic rings. The summed E-state index contributed by atoms with van der Waals surface area (Å²) in [5, 5.41) is 3.49. The molecule has 18 heavy (non-hydrogen) atoms. The molecule has 0 saturated heterocycles. The van der Waals surface area contributed by atoms with Crippen LogP contribution in [0.1, 0.15) is 33.3 Å². The normalized spacial score (nSPS) is 12.7. The smallest absolute Gasteiger partial charge is 0.0361 e. The highest BCUT2D eigenvalue weighted by molar-refractivity contribution is 5.57. The molecule has 0 heterocycles. The van der Waals surface area contributed by atoms with Crippen LogP contribution in [0.25, 0.3) is 6.08 Å². The van der Waals surface area contributed by atoms with Gasteiger partial charge in [-0.2, -0.15) is 0 Å². The lowest BCUT2D eigenvalue weighted by Crippen LogP contribution is -2.36. The average molecular weight is 246 g/mol. The molecule has 2 nitrogen and oxygen atoms in total. The van der Waals surface area contributed by atoms with Crippen molar-refractivity contribution in [3.05, 3.63) is 35.4 Å². The molecule has 2 heteroatoms. The second kappa shape index (κ2) is 6.05. The van der Waals surface area contributed by atoms with Crippen LogP contribution in [0, 0.1) is 0 Å². The van der Waals surface area contributed by atoms with Crippen LogP contribution in [0.5, 0.6) is 0 Å². The van der Waals surface area contributed by atoms with Crippen LogP contribution in [0.15, 0.2) is 29.8 Å². The third-order valence-corrected chi connectivity index (χ3v) is 2.72. The summed E-state index contributed by atoms with van der Waals surface area (Å²) >= 11 is 0. The summed E-state index contributed by atoms with van der Waals surface area (Å²) in [6, 6.07) is 8.62. The fourth-order valence-corrected chi connectivity index (χ4v) is 1.61. The Labute approximate surface area is 112 Å². The van der Waals surface area contributed by atoms with Gasteiger partial charge in [0.1, 0.15) is 0 Å². The van der Waals surface area contributed by atoms with E-state index in [9.17, 15) is 0 Å². The summed E-state index contributed by atoms with van der Waals surface area (Å²) in [6.07, 6.45) is 2.23. The van der Waals surface area contributed by atoms with Gasteiger partial charge in [-0.25, -0.2) is 0 Å². The number of nitrogens with zero attached hydrogens (tertiary/aromatic N) is 1. The van der Waals surface area contributed by atoms with Crippen LogP contribution in [0.3, 0.4) is 0 Å². The third kappa shape index (κ3) is 5.37. The first-order valence-electron chi connectivity index (χ1n) is 6.47. The van der Waals surface area contributed by atoms with Crippen molar-refractivity contribution in [3.63, 3.8) is 0 Å². The zero-order valence-corrected chi connectivity index (χ0v) is 12.5. The highest BCUT2D eigenvalue weighted by atomic mass is 15.1. The second-order valence-corrected chi connectivity index (χ2v) is 6.08. The van der Waals surface area contributed by atoms with Crippen molar-refractivity contribution in [3.8, 4) is 0 Å². The summed E-state index contributed by atoms with van der Waals surface area (Å²) < 4.78 is 0. The molecular formula is C16H26N2. The molecule has 100 valence electrons. The summed E-state index contributed by atoms with van der Waals surface area (Å²) in [5.41, 5.74) is 4.01. The topological polar surface area (TPSA) is 15.3 Å². The van der Waals surface area contributed by atoms with Crippen LogP contribution in [-0.4, -0.2) is 26.2 Å². The maximum absolute atomic E-state index is 3.49. The van der Waals surface area contributed by atoms with Gasteiger partial charge in [0.2, 0.25) is 0 Å². The van der Waals surface area contributed by atoms with E-state index >= 15 is 0 Å². The zero-order chi connectivity index (χ0) is 13.8. The molecule has 1 rings (SSSR count). The minimum absolute atomic E-state index is 0.171. The summed E-state index contributed by atoms with van der Waals surface area (Å²) in [7, 11) is 4.12. The van der Waals surface area contributed by atoms with Crippen LogP contribution >= 0.6 is 0 Å². The summed E-state index contributed by atoms with van der Waals surface area (Å²) in [6.45, 7) is 9.65. The van der Waals surface area contributed by atoms with Gasteiger partial charge in [-0.15, -0.1) is 0 Å². The summed E-state index contributed by atoms with van der Waals surface area (Å²) in [5.74, 6) is 0. The lowest BCUT2D eigenvalue weighted by molar-refractivity contribution is 0.445. The minimum Gasteiger partial charge on any atom is -0.378 e. The van der Waals surface area contributed by atoms with Crippen LogP contribution in [0.4, 0.5) is 5.69 Å². The monoisotopic (exact) mass is 246 g/mol. The first-order chi connectivity index (χ1) is 8.28. The Morgan fingerprint density at radius 1 is 1.17 bits per heavy atom. The molecule has 0 bridgehead atoms.